The highest BCUT2D eigenvalue weighted by Crippen LogP contribution is 2.29. The second-order valence-electron chi connectivity index (χ2n) is 3.08. The molecule has 1 aromatic rings. The van der Waals surface area contributed by atoms with E-state index < -0.39 is 17.7 Å². The molecule has 0 aliphatic rings. The number of rotatable bonds is 4. The van der Waals surface area contributed by atoms with Gasteiger partial charge in [-0.2, -0.15) is 13.2 Å². The number of carboxylic acids is 1. The normalized spacial score (nSPS) is 11.2. The van der Waals surface area contributed by atoms with E-state index in [1.165, 1.54) is 6.07 Å². The van der Waals surface area contributed by atoms with E-state index in [9.17, 15) is 18.0 Å². The monoisotopic (exact) mass is 263 g/mol. The molecule has 1 rings (SSSR count). The van der Waals surface area contributed by atoms with Crippen LogP contribution in [0.15, 0.2) is 35.5 Å². The van der Waals surface area contributed by atoms with E-state index in [0.29, 0.717) is 11.2 Å². The van der Waals surface area contributed by atoms with E-state index in [0.717, 1.165) is 17.8 Å². The largest absolute Gasteiger partial charge is 0.478 e. The third-order valence-corrected chi connectivity index (χ3v) is 2.79. The Labute approximate surface area is 99.4 Å². The molecule has 0 unspecified atom stereocenters. The minimum atomic E-state index is -4.42. The van der Waals surface area contributed by atoms with Crippen molar-refractivity contribution in [2.75, 3.05) is 5.75 Å². The molecule has 0 aliphatic carbocycles. The van der Waals surface area contributed by atoms with Crippen LogP contribution in [0.1, 0.15) is 5.56 Å². The van der Waals surface area contributed by atoms with Crippen LogP contribution in [0.2, 0.25) is 0 Å². The fraction of sp³-hybridized carbons (Fsp3) is 0.200. The van der Waals surface area contributed by atoms with Crippen molar-refractivity contribution < 1.29 is 23.1 Å². The lowest BCUT2D eigenvalue weighted by molar-refractivity contribution is -0.138. The maximum atomic E-state index is 12.2. The Hall–Kier alpha value is -1.50. The second-order valence-corrected chi connectivity index (χ2v) is 4.08. The van der Waals surface area contributed by atoms with Crippen molar-refractivity contribution in [2.24, 2.45) is 0 Å². The number of carboxylic acid groups (broad SMARTS) is 1. The zero-order valence-corrected chi connectivity index (χ0v) is 9.31. The molecule has 0 aliphatic heterocycles. The lowest BCUT2D eigenvalue weighted by atomic mass is 10.3. The third kappa shape index (κ3) is 4.10. The van der Waals surface area contributed by atoms with Gasteiger partial charge in [0.15, 0.2) is 0 Å². The molecule has 7 heteroatoms. The third-order valence-electron chi connectivity index (χ3n) is 1.76. The Balaban J connectivity index is 2.63. The van der Waals surface area contributed by atoms with Crippen molar-refractivity contribution in [1.82, 2.24) is 4.98 Å². The van der Waals surface area contributed by atoms with Crippen LogP contribution in [0.4, 0.5) is 13.2 Å². The first-order chi connectivity index (χ1) is 7.80. The molecule has 1 aromatic heterocycles. The van der Waals surface area contributed by atoms with Gasteiger partial charge < -0.3 is 5.11 Å². The number of thioether (sulfide) groups is 1. The summed E-state index contributed by atoms with van der Waals surface area (Å²) in [5.41, 5.74) is -0.865. The van der Waals surface area contributed by atoms with Crippen LogP contribution in [-0.4, -0.2) is 21.8 Å². The van der Waals surface area contributed by atoms with Gasteiger partial charge in [-0.25, -0.2) is 9.78 Å². The fourth-order valence-electron chi connectivity index (χ4n) is 0.856. The molecule has 0 bridgehead atoms. The standard InChI is InChI=1S/C10H8F3NO2S/c1-6(9(15)16)5-17-8-3-2-7(4-14-8)10(11,12)13/h2-4H,1,5H2,(H,15,16). The van der Waals surface area contributed by atoms with Crippen molar-refractivity contribution >= 4 is 17.7 Å². The number of aromatic nitrogens is 1. The van der Waals surface area contributed by atoms with Gasteiger partial charge in [-0.3, -0.25) is 0 Å². The number of halogens is 3. The van der Waals surface area contributed by atoms with Crippen LogP contribution in [0, 0.1) is 0 Å². The summed E-state index contributed by atoms with van der Waals surface area (Å²) in [4.78, 5) is 14.0. The molecule has 1 heterocycles. The van der Waals surface area contributed by atoms with Gasteiger partial charge in [-0.15, -0.1) is 11.8 Å². The Morgan fingerprint density at radius 1 is 1.47 bits per heavy atom. The molecule has 17 heavy (non-hydrogen) atoms. The number of nitrogens with zero attached hydrogens (tertiary/aromatic N) is 1. The average Bonchev–Trinajstić information content (AvgIpc) is 2.25. The molecule has 0 spiro atoms. The van der Waals surface area contributed by atoms with E-state index in [1.807, 2.05) is 0 Å². The molecule has 0 saturated carbocycles. The van der Waals surface area contributed by atoms with Crippen molar-refractivity contribution in [3.05, 3.63) is 36.0 Å². The summed E-state index contributed by atoms with van der Waals surface area (Å²) in [6.45, 7) is 3.30. The number of pyridine rings is 1. The van der Waals surface area contributed by atoms with Crippen LogP contribution in [0.5, 0.6) is 0 Å². The van der Waals surface area contributed by atoms with Gasteiger partial charge in [0.2, 0.25) is 0 Å². The number of alkyl halides is 3. The zero-order chi connectivity index (χ0) is 13.1. The van der Waals surface area contributed by atoms with Crippen LogP contribution in [0.3, 0.4) is 0 Å². The molecule has 0 fully saturated rings. The first-order valence-electron chi connectivity index (χ1n) is 4.38. The molecular formula is C10H8F3NO2S. The van der Waals surface area contributed by atoms with Gasteiger partial charge in [-0.1, -0.05) is 6.58 Å². The SMILES string of the molecule is C=C(CSc1ccc(C(F)(F)F)cn1)C(=O)O. The highest BCUT2D eigenvalue weighted by molar-refractivity contribution is 7.99. The highest BCUT2D eigenvalue weighted by Gasteiger charge is 2.30. The Bertz CT molecular complexity index is 428. The summed E-state index contributed by atoms with van der Waals surface area (Å²) in [5.74, 6) is -1.06. The Morgan fingerprint density at radius 3 is 2.53 bits per heavy atom. The second kappa shape index (κ2) is 5.22. The van der Waals surface area contributed by atoms with Crippen LogP contribution in [0.25, 0.3) is 0 Å². The molecule has 0 radical (unpaired) electrons. The summed E-state index contributed by atoms with van der Waals surface area (Å²) in [7, 11) is 0. The van der Waals surface area contributed by atoms with Crippen molar-refractivity contribution in [2.45, 2.75) is 11.2 Å². The lowest BCUT2D eigenvalue weighted by Crippen LogP contribution is -2.05. The molecule has 1 N–H and O–H groups in total. The van der Waals surface area contributed by atoms with Gasteiger partial charge in [0.25, 0.3) is 0 Å². The fourth-order valence-corrected chi connectivity index (χ4v) is 1.59. The van der Waals surface area contributed by atoms with Crippen LogP contribution >= 0.6 is 11.8 Å². The van der Waals surface area contributed by atoms with Crippen LogP contribution < -0.4 is 0 Å². The molecule has 3 nitrogen and oxygen atoms in total. The summed E-state index contributed by atoms with van der Waals surface area (Å²) in [6.07, 6.45) is -3.70. The van der Waals surface area contributed by atoms with Gasteiger partial charge in [-0.05, 0) is 12.1 Å². The van der Waals surface area contributed by atoms with Gasteiger partial charge in [0, 0.05) is 17.5 Å². The van der Waals surface area contributed by atoms with E-state index >= 15 is 0 Å². The quantitative estimate of drug-likeness (QED) is 0.670. The van der Waals surface area contributed by atoms with Gasteiger partial charge in [0.05, 0.1) is 10.6 Å². The van der Waals surface area contributed by atoms with Gasteiger partial charge >= 0.3 is 12.1 Å². The summed E-state index contributed by atoms with van der Waals surface area (Å²) in [5, 5.41) is 8.85. The summed E-state index contributed by atoms with van der Waals surface area (Å²) in [6, 6.07) is 2.10. The number of aliphatic carboxylic acids is 1. The van der Waals surface area contributed by atoms with E-state index in [2.05, 4.69) is 11.6 Å². The van der Waals surface area contributed by atoms with E-state index in [1.54, 1.807) is 0 Å². The first kappa shape index (κ1) is 13.6. The molecule has 0 atom stereocenters. The smallest absolute Gasteiger partial charge is 0.417 e. The average molecular weight is 263 g/mol. The Morgan fingerprint density at radius 2 is 2.12 bits per heavy atom. The maximum absolute atomic E-state index is 12.2. The number of carbonyl (C=O) groups is 1. The maximum Gasteiger partial charge on any atom is 0.417 e. The molecule has 0 amide bonds. The topological polar surface area (TPSA) is 50.2 Å². The first-order valence-corrected chi connectivity index (χ1v) is 5.36. The minimum absolute atomic E-state index is 0.0308. The van der Waals surface area contributed by atoms with E-state index in [-0.39, 0.29) is 11.3 Å². The summed E-state index contributed by atoms with van der Waals surface area (Å²) < 4.78 is 36.6. The molecule has 0 saturated heterocycles. The number of hydrogen-bond acceptors (Lipinski definition) is 3. The Kier molecular flexibility index (Phi) is 4.17. The molecular weight excluding hydrogens is 255 g/mol. The van der Waals surface area contributed by atoms with Crippen molar-refractivity contribution in [3.8, 4) is 0 Å². The highest BCUT2D eigenvalue weighted by atomic mass is 32.2. The van der Waals surface area contributed by atoms with Gasteiger partial charge in [0.1, 0.15) is 0 Å². The van der Waals surface area contributed by atoms with Crippen LogP contribution in [-0.2, 0) is 11.0 Å². The summed E-state index contributed by atoms with van der Waals surface area (Å²) >= 11 is 1.02. The van der Waals surface area contributed by atoms with Crippen molar-refractivity contribution in [1.29, 1.82) is 0 Å². The molecule has 0 aromatic carbocycles. The minimum Gasteiger partial charge on any atom is -0.478 e. The number of hydrogen-bond donors (Lipinski definition) is 1. The predicted molar refractivity (Wildman–Crippen MR) is 56.7 cm³/mol. The lowest BCUT2D eigenvalue weighted by Gasteiger charge is -2.06. The zero-order valence-electron chi connectivity index (χ0n) is 8.49. The van der Waals surface area contributed by atoms with E-state index in [4.69, 9.17) is 5.11 Å². The predicted octanol–water partition coefficient (Wildman–Crippen LogP) is 2.83. The molecule has 92 valence electrons. The van der Waals surface area contributed by atoms with Crippen molar-refractivity contribution in [3.63, 3.8) is 0 Å².